The summed E-state index contributed by atoms with van der Waals surface area (Å²) in [5.41, 5.74) is 0.782. The van der Waals surface area contributed by atoms with Crippen LogP contribution in [0.5, 0.6) is 0 Å². The maximum atomic E-state index is 12.3. The number of carbonyl (C=O) groups is 2. The Bertz CT molecular complexity index is 687. The fourth-order valence-corrected chi connectivity index (χ4v) is 3.43. The first-order chi connectivity index (χ1) is 10.6. The summed E-state index contributed by atoms with van der Waals surface area (Å²) in [4.78, 5) is 30.2. The molecule has 1 aliphatic rings. The van der Waals surface area contributed by atoms with Gasteiger partial charge in [0.1, 0.15) is 10.8 Å². The van der Waals surface area contributed by atoms with Crippen molar-refractivity contribution in [1.82, 2.24) is 10.3 Å². The number of pyridine rings is 1. The highest BCUT2D eigenvalue weighted by Crippen LogP contribution is 2.37. The summed E-state index contributed by atoms with van der Waals surface area (Å²) < 4.78 is 5.15. The van der Waals surface area contributed by atoms with Gasteiger partial charge in [-0.3, -0.25) is 9.59 Å². The summed E-state index contributed by atoms with van der Waals surface area (Å²) >= 11 is 1.33. The lowest BCUT2D eigenvalue weighted by Gasteiger charge is -2.29. The van der Waals surface area contributed by atoms with Gasteiger partial charge in [0.15, 0.2) is 0 Å². The predicted molar refractivity (Wildman–Crippen MR) is 82.5 cm³/mol. The summed E-state index contributed by atoms with van der Waals surface area (Å²) in [7, 11) is 1.70. The monoisotopic (exact) mass is 317 g/mol. The molecule has 2 aromatic rings. The lowest BCUT2D eigenvalue weighted by molar-refractivity contribution is -0.124. The molecule has 114 valence electrons. The second kappa shape index (κ2) is 6.23. The van der Waals surface area contributed by atoms with Crippen LogP contribution < -0.4 is 10.2 Å². The van der Waals surface area contributed by atoms with Crippen LogP contribution in [-0.2, 0) is 16.1 Å². The van der Waals surface area contributed by atoms with Crippen LogP contribution in [0.3, 0.4) is 0 Å². The number of carbonyl (C=O) groups excluding carboxylic acids is 2. The van der Waals surface area contributed by atoms with Crippen molar-refractivity contribution in [3.63, 3.8) is 0 Å². The Balaban J connectivity index is 1.63. The Kier molecular flexibility index (Phi) is 4.15. The largest absolute Gasteiger partial charge is 0.467 e. The summed E-state index contributed by atoms with van der Waals surface area (Å²) in [6.45, 7) is 0.322. The number of thioether (sulfide) groups is 1. The molecule has 0 aliphatic carbocycles. The minimum atomic E-state index is -0.455. The number of hydrogen-bond donors (Lipinski definition) is 1. The molecule has 3 heterocycles. The molecule has 0 fully saturated rings. The molecular weight excluding hydrogens is 302 g/mol. The van der Waals surface area contributed by atoms with Crippen LogP contribution in [0.2, 0.25) is 0 Å². The maximum absolute atomic E-state index is 12.3. The van der Waals surface area contributed by atoms with Crippen molar-refractivity contribution in [1.29, 1.82) is 0 Å². The minimum Gasteiger partial charge on any atom is -0.467 e. The molecule has 0 spiro atoms. The Morgan fingerprint density at radius 3 is 3.09 bits per heavy atom. The van der Waals surface area contributed by atoms with Gasteiger partial charge in [-0.25, -0.2) is 4.98 Å². The van der Waals surface area contributed by atoms with E-state index in [9.17, 15) is 9.59 Å². The number of hydrogen-bond acceptors (Lipinski definition) is 5. The molecule has 0 saturated carbocycles. The van der Waals surface area contributed by atoms with Gasteiger partial charge < -0.3 is 14.6 Å². The Labute approximate surface area is 131 Å². The molecule has 3 rings (SSSR count). The number of furan rings is 1. The van der Waals surface area contributed by atoms with Gasteiger partial charge >= 0.3 is 0 Å². The average molecular weight is 317 g/mol. The molecule has 0 aromatic carbocycles. The number of anilines is 1. The first kappa shape index (κ1) is 14.6. The number of amides is 2. The molecule has 2 amide bonds. The summed E-state index contributed by atoms with van der Waals surface area (Å²) in [6.07, 6.45) is 3.35. The molecule has 22 heavy (non-hydrogen) atoms. The van der Waals surface area contributed by atoms with Crippen LogP contribution in [-0.4, -0.2) is 29.1 Å². The SMILES string of the molecule is CN1C(=O)[C@H](CC(=O)NCc2ccco2)Sc2ncccc21. The van der Waals surface area contributed by atoms with Crippen molar-refractivity contribution >= 4 is 29.3 Å². The highest BCUT2D eigenvalue weighted by molar-refractivity contribution is 8.00. The topological polar surface area (TPSA) is 75.4 Å². The van der Waals surface area contributed by atoms with E-state index in [1.807, 2.05) is 6.07 Å². The molecule has 0 saturated heterocycles. The van der Waals surface area contributed by atoms with E-state index in [0.29, 0.717) is 12.3 Å². The Morgan fingerprint density at radius 2 is 2.32 bits per heavy atom. The third-order valence-corrected chi connectivity index (χ3v) is 4.57. The lowest BCUT2D eigenvalue weighted by Crippen LogP contribution is -2.41. The number of nitrogens with zero attached hydrogens (tertiary/aromatic N) is 2. The van der Waals surface area contributed by atoms with E-state index in [4.69, 9.17) is 4.42 Å². The van der Waals surface area contributed by atoms with Crippen molar-refractivity contribution in [3.05, 3.63) is 42.5 Å². The fraction of sp³-hybridized carbons (Fsp3) is 0.267. The number of fused-ring (bicyclic) bond motifs is 1. The molecule has 1 aliphatic heterocycles. The molecule has 1 atom stereocenters. The zero-order valence-electron chi connectivity index (χ0n) is 12.0. The zero-order chi connectivity index (χ0) is 15.5. The molecule has 2 aromatic heterocycles. The predicted octanol–water partition coefficient (Wildman–Crippen LogP) is 1.82. The summed E-state index contributed by atoms with van der Waals surface area (Å²) in [5.74, 6) is 0.411. The number of rotatable bonds is 4. The third kappa shape index (κ3) is 2.99. The van der Waals surface area contributed by atoms with Gasteiger partial charge in [-0.05, 0) is 24.3 Å². The molecule has 0 unspecified atom stereocenters. The van der Waals surface area contributed by atoms with Crippen molar-refractivity contribution in [2.24, 2.45) is 0 Å². The van der Waals surface area contributed by atoms with Crippen LogP contribution in [0.1, 0.15) is 12.2 Å². The van der Waals surface area contributed by atoms with Crippen molar-refractivity contribution < 1.29 is 14.0 Å². The molecule has 0 bridgehead atoms. The first-order valence-corrected chi connectivity index (χ1v) is 7.71. The van der Waals surface area contributed by atoms with Gasteiger partial charge in [0.25, 0.3) is 0 Å². The number of aromatic nitrogens is 1. The standard InChI is InChI=1S/C15H15N3O3S/c1-18-11-5-2-6-16-14(11)22-12(15(18)20)8-13(19)17-9-10-4-3-7-21-10/h2-7,12H,8-9H2,1H3,(H,17,19)/t12-/m0/s1. The van der Waals surface area contributed by atoms with Crippen LogP contribution >= 0.6 is 11.8 Å². The molecule has 7 heteroatoms. The molecule has 6 nitrogen and oxygen atoms in total. The van der Waals surface area contributed by atoms with Gasteiger partial charge in [0.05, 0.1) is 23.7 Å². The summed E-state index contributed by atoms with van der Waals surface area (Å²) in [6, 6.07) is 7.19. The van der Waals surface area contributed by atoms with Gasteiger partial charge in [0.2, 0.25) is 11.8 Å². The van der Waals surface area contributed by atoms with Crippen LogP contribution in [0.25, 0.3) is 0 Å². The van der Waals surface area contributed by atoms with Gasteiger partial charge in [-0.1, -0.05) is 11.8 Å². The quantitative estimate of drug-likeness (QED) is 0.931. The smallest absolute Gasteiger partial charge is 0.240 e. The molecule has 0 radical (unpaired) electrons. The van der Waals surface area contributed by atoms with E-state index < -0.39 is 5.25 Å². The van der Waals surface area contributed by atoms with Crippen molar-refractivity contribution in [2.45, 2.75) is 23.2 Å². The van der Waals surface area contributed by atoms with Crippen LogP contribution in [0.4, 0.5) is 5.69 Å². The van der Waals surface area contributed by atoms with Crippen LogP contribution in [0.15, 0.2) is 46.2 Å². The first-order valence-electron chi connectivity index (χ1n) is 6.83. The molecular formula is C15H15N3O3S. The van der Waals surface area contributed by atoms with Crippen LogP contribution in [0, 0.1) is 0 Å². The van der Waals surface area contributed by atoms with E-state index in [-0.39, 0.29) is 18.2 Å². The fourth-order valence-electron chi connectivity index (χ4n) is 2.22. The normalized spacial score (nSPS) is 17.2. The Morgan fingerprint density at radius 1 is 1.45 bits per heavy atom. The maximum Gasteiger partial charge on any atom is 0.240 e. The van der Waals surface area contributed by atoms with E-state index in [1.54, 1.807) is 42.6 Å². The second-order valence-electron chi connectivity index (χ2n) is 4.89. The van der Waals surface area contributed by atoms with Crippen molar-refractivity contribution in [3.8, 4) is 0 Å². The van der Waals surface area contributed by atoms with Gasteiger partial charge in [-0.2, -0.15) is 0 Å². The Hall–Kier alpha value is -2.28. The highest BCUT2D eigenvalue weighted by Gasteiger charge is 2.33. The molecule has 1 N–H and O–H groups in total. The van der Waals surface area contributed by atoms with E-state index in [2.05, 4.69) is 10.3 Å². The third-order valence-electron chi connectivity index (χ3n) is 3.38. The zero-order valence-corrected chi connectivity index (χ0v) is 12.8. The van der Waals surface area contributed by atoms with E-state index in [0.717, 1.165) is 10.7 Å². The minimum absolute atomic E-state index is 0.0846. The second-order valence-corrected chi connectivity index (χ2v) is 6.08. The number of nitrogens with one attached hydrogen (secondary N) is 1. The van der Waals surface area contributed by atoms with Gasteiger partial charge in [0, 0.05) is 19.7 Å². The average Bonchev–Trinajstić information content (AvgIpc) is 3.04. The van der Waals surface area contributed by atoms with Crippen molar-refractivity contribution in [2.75, 3.05) is 11.9 Å². The van der Waals surface area contributed by atoms with E-state index in [1.165, 1.54) is 11.8 Å². The highest BCUT2D eigenvalue weighted by atomic mass is 32.2. The summed E-state index contributed by atoms with van der Waals surface area (Å²) in [5, 5.41) is 3.07. The lowest BCUT2D eigenvalue weighted by atomic mass is 10.2. The van der Waals surface area contributed by atoms with Gasteiger partial charge in [-0.15, -0.1) is 0 Å². The van der Waals surface area contributed by atoms with E-state index >= 15 is 0 Å².